The van der Waals surface area contributed by atoms with Crippen molar-refractivity contribution in [1.29, 1.82) is 0 Å². The van der Waals surface area contributed by atoms with Crippen molar-refractivity contribution in [3.05, 3.63) is 29.8 Å². The molecule has 0 radical (unpaired) electrons. The minimum atomic E-state index is -0.949. The fourth-order valence-electron chi connectivity index (χ4n) is 2.18. The first kappa shape index (κ1) is 13.8. The smallest absolute Gasteiger partial charge is 0.339 e. The van der Waals surface area contributed by atoms with Crippen LogP contribution in [0.15, 0.2) is 24.3 Å². The number of hydrogen-bond donors (Lipinski definition) is 2. The highest BCUT2D eigenvalue weighted by molar-refractivity contribution is 5.90. The molecule has 0 spiro atoms. The van der Waals surface area contributed by atoms with Crippen LogP contribution in [0.5, 0.6) is 5.75 Å². The number of nitrogens with one attached hydrogen (secondary N) is 1. The van der Waals surface area contributed by atoms with Crippen LogP contribution >= 0.6 is 0 Å². The normalized spacial score (nSPS) is 16.8. The Morgan fingerprint density at radius 1 is 1.32 bits per heavy atom. The van der Waals surface area contributed by atoms with Gasteiger partial charge < -0.3 is 15.2 Å². The monoisotopic (exact) mass is 264 g/mol. The summed E-state index contributed by atoms with van der Waals surface area (Å²) in [7, 11) is 0. The number of para-hydroxylation sites is 1. The molecule has 104 valence electrons. The minimum Gasteiger partial charge on any atom is -0.491 e. The summed E-state index contributed by atoms with van der Waals surface area (Å²) in [5.74, 6) is -0.502. The van der Waals surface area contributed by atoms with Gasteiger partial charge in [0.25, 0.3) is 0 Å². The van der Waals surface area contributed by atoms with Crippen molar-refractivity contribution in [2.24, 2.45) is 0 Å². The number of rotatable bonds is 5. The Morgan fingerprint density at radius 2 is 2.16 bits per heavy atom. The summed E-state index contributed by atoms with van der Waals surface area (Å²) in [4.78, 5) is 13.4. The predicted octanol–water partition coefficient (Wildman–Crippen LogP) is 1.06. The third kappa shape index (κ3) is 4.22. The topological polar surface area (TPSA) is 61.8 Å². The second-order valence-corrected chi connectivity index (χ2v) is 4.59. The number of nitrogens with zero attached hydrogens (tertiary/aromatic N) is 1. The van der Waals surface area contributed by atoms with Gasteiger partial charge in [0.1, 0.15) is 17.9 Å². The van der Waals surface area contributed by atoms with E-state index in [-0.39, 0.29) is 5.56 Å². The quantitative estimate of drug-likeness (QED) is 0.832. The fourth-order valence-corrected chi connectivity index (χ4v) is 2.18. The van der Waals surface area contributed by atoms with Gasteiger partial charge in [-0.15, -0.1) is 0 Å². The maximum Gasteiger partial charge on any atom is 0.339 e. The average molecular weight is 264 g/mol. The van der Waals surface area contributed by atoms with Gasteiger partial charge >= 0.3 is 5.97 Å². The van der Waals surface area contributed by atoms with E-state index < -0.39 is 5.97 Å². The van der Waals surface area contributed by atoms with E-state index in [1.54, 1.807) is 24.3 Å². The van der Waals surface area contributed by atoms with Crippen LogP contribution < -0.4 is 10.1 Å². The van der Waals surface area contributed by atoms with Crippen LogP contribution in [-0.4, -0.2) is 55.3 Å². The van der Waals surface area contributed by atoms with Crippen LogP contribution in [0.3, 0.4) is 0 Å². The third-order valence-corrected chi connectivity index (χ3v) is 3.22. The molecule has 0 aliphatic carbocycles. The highest BCUT2D eigenvalue weighted by Gasteiger charge is 2.11. The molecular formula is C14H20N2O3. The van der Waals surface area contributed by atoms with E-state index in [1.165, 1.54) is 0 Å². The van der Waals surface area contributed by atoms with Gasteiger partial charge in [0.05, 0.1) is 0 Å². The molecule has 2 N–H and O–H groups in total. The van der Waals surface area contributed by atoms with Crippen molar-refractivity contribution in [2.45, 2.75) is 6.42 Å². The Labute approximate surface area is 113 Å². The molecule has 19 heavy (non-hydrogen) atoms. The number of carbonyl (C=O) groups is 1. The molecule has 1 aliphatic heterocycles. The first-order valence-corrected chi connectivity index (χ1v) is 6.65. The van der Waals surface area contributed by atoms with E-state index in [2.05, 4.69) is 10.2 Å². The summed E-state index contributed by atoms with van der Waals surface area (Å²) in [6.45, 7) is 5.51. The van der Waals surface area contributed by atoms with Gasteiger partial charge in [-0.3, -0.25) is 4.90 Å². The van der Waals surface area contributed by atoms with E-state index in [9.17, 15) is 4.79 Å². The van der Waals surface area contributed by atoms with Crippen LogP contribution in [0.25, 0.3) is 0 Å². The number of aromatic carboxylic acids is 1. The highest BCUT2D eigenvalue weighted by Crippen LogP contribution is 2.17. The standard InChI is InChI=1S/C14H20N2O3/c17-14(18)12-4-1-2-5-13(12)19-11-10-16-8-3-6-15-7-9-16/h1-2,4-5,15H,3,6-11H2,(H,17,18). The zero-order valence-electron chi connectivity index (χ0n) is 11.0. The Kier molecular flexibility index (Phi) is 5.18. The molecule has 0 amide bonds. The van der Waals surface area contributed by atoms with E-state index in [4.69, 9.17) is 9.84 Å². The molecule has 1 heterocycles. The lowest BCUT2D eigenvalue weighted by Crippen LogP contribution is -2.32. The van der Waals surface area contributed by atoms with Crippen LogP contribution in [0.1, 0.15) is 16.8 Å². The molecule has 1 aliphatic rings. The van der Waals surface area contributed by atoms with E-state index in [0.717, 1.165) is 39.1 Å². The molecule has 1 aromatic rings. The predicted molar refractivity (Wildman–Crippen MR) is 72.8 cm³/mol. The molecule has 0 bridgehead atoms. The molecule has 0 atom stereocenters. The molecule has 0 saturated carbocycles. The van der Waals surface area contributed by atoms with Gasteiger partial charge in [0.2, 0.25) is 0 Å². The summed E-state index contributed by atoms with van der Waals surface area (Å²) >= 11 is 0. The molecule has 2 rings (SSSR count). The van der Waals surface area contributed by atoms with Crippen molar-refractivity contribution in [3.8, 4) is 5.75 Å². The number of carboxylic acid groups (broad SMARTS) is 1. The molecule has 5 heteroatoms. The Hall–Kier alpha value is -1.59. The first-order chi connectivity index (χ1) is 9.27. The Balaban J connectivity index is 1.83. The van der Waals surface area contributed by atoms with Gasteiger partial charge in [0, 0.05) is 19.6 Å². The van der Waals surface area contributed by atoms with Gasteiger partial charge in [-0.2, -0.15) is 0 Å². The van der Waals surface area contributed by atoms with Gasteiger partial charge in [0.15, 0.2) is 0 Å². The van der Waals surface area contributed by atoms with Gasteiger partial charge in [-0.1, -0.05) is 12.1 Å². The fraction of sp³-hybridized carbons (Fsp3) is 0.500. The number of ether oxygens (including phenoxy) is 1. The second kappa shape index (κ2) is 7.11. The van der Waals surface area contributed by atoms with Crippen molar-refractivity contribution in [3.63, 3.8) is 0 Å². The van der Waals surface area contributed by atoms with Crippen molar-refractivity contribution in [1.82, 2.24) is 10.2 Å². The van der Waals surface area contributed by atoms with E-state index >= 15 is 0 Å². The van der Waals surface area contributed by atoms with Crippen molar-refractivity contribution in [2.75, 3.05) is 39.3 Å². The molecular weight excluding hydrogens is 244 g/mol. The SMILES string of the molecule is O=C(O)c1ccccc1OCCN1CCCNCC1. The van der Waals surface area contributed by atoms with Crippen LogP contribution in [0.4, 0.5) is 0 Å². The largest absolute Gasteiger partial charge is 0.491 e. The summed E-state index contributed by atoms with van der Waals surface area (Å²) in [6, 6.07) is 6.76. The lowest BCUT2D eigenvalue weighted by Gasteiger charge is -2.19. The molecule has 1 fully saturated rings. The Morgan fingerprint density at radius 3 is 3.00 bits per heavy atom. The molecule has 0 unspecified atom stereocenters. The molecule has 5 nitrogen and oxygen atoms in total. The molecule has 0 aromatic heterocycles. The highest BCUT2D eigenvalue weighted by atomic mass is 16.5. The van der Waals surface area contributed by atoms with Crippen LogP contribution in [0.2, 0.25) is 0 Å². The summed E-state index contributed by atoms with van der Waals surface area (Å²) < 4.78 is 5.60. The number of carboxylic acids is 1. The summed E-state index contributed by atoms with van der Waals surface area (Å²) in [5.41, 5.74) is 0.222. The van der Waals surface area contributed by atoms with Gasteiger partial charge in [-0.05, 0) is 31.6 Å². The zero-order chi connectivity index (χ0) is 13.5. The van der Waals surface area contributed by atoms with E-state index in [0.29, 0.717) is 12.4 Å². The average Bonchev–Trinajstić information content (AvgIpc) is 2.68. The third-order valence-electron chi connectivity index (χ3n) is 3.22. The van der Waals surface area contributed by atoms with E-state index in [1.807, 2.05) is 0 Å². The number of benzene rings is 1. The van der Waals surface area contributed by atoms with Crippen molar-refractivity contribution < 1.29 is 14.6 Å². The lowest BCUT2D eigenvalue weighted by molar-refractivity contribution is 0.0691. The van der Waals surface area contributed by atoms with Crippen molar-refractivity contribution >= 4 is 5.97 Å². The summed E-state index contributed by atoms with van der Waals surface area (Å²) in [6.07, 6.45) is 1.14. The molecule has 1 saturated heterocycles. The second-order valence-electron chi connectivity index (χ2n) is 4.59. The zero-order valence-corrected chi connectivity index (χ0v) is 11.0. The first-order valence-electron chi connectivity index (χ1n) is 6.65. The van der Waals surface area contributed by atoms with Crippen LogP contribution in [0, 0.1) is 0 Å². The minimum absolute atomic E-state index is 0.222. The molecule has 1 aromatic carbocycles. The Bertz CT molecular complexity index is 415. The summed E-state index contributed by atoms with van der Waals surface area (Å²) in [5, 5.41) is 12.4. The lowest BCUT2D eigenvalue weighted by atomic mass is 10.2. The number of hydrogen-bond acceptors (Lipinski definition) is 4. The van der Waals surface area contributed by atoms with Gasteiger partial charge in [-0.25, -0.2) is 4.79 Å². The van der Waals surface area contributed by atoms with Crippen LogP contribution in [-0.2, 0) is 0 Å². The maximum atomic E-state index is 11.0. The maximum absolute atomic E-state index is 11.0.